The Balaban J connectivity index is 1.79. The normalized spacial score (nSPS) is 15.7. The zero-order valence-electron chi connectivity index (χ0n) is 14.0. The van der Waals surface area contributed by atoms with Gasteiger partial charge in [0.15, 0.2) is 0 Å². The van der Waals surface area contributed by atoms with Crippen LogP contribution in [0.5, 0.6) is 0 Å². The highest BCUT2D eigenvalue weighted by Crippen LogP contribution is 1.96. The number of ether oxygens (including phenoxy) is 6. The monoisotopic (exact) mass is 335 g/mol. The van der Waals surface area contributed by atoms with Crippen LogP contribution in [0.4, 0.5) is 0 Å². The average Bonchev–Trinajstić information content (AvgIpc) is 2.57. The molecule has 1 saturated heterocycles. The highest BCUT2D eigenvalue weighted by atomic mass is 16.6. The fourth-order valence-electron chi connectivity index (χ4n) is 1.89. The van der Waals surface area contributed by atoms with Crippen LogP contribution in [0.15, 0.2) is 0 Å². The molecule has 0 unspecified atom stereocenters. The molecule has 23 heavy (non-hydrogen) atoms. The maximum atomic E-state index is 11.5. The summed E-state index contributed by atoms with van der Waals surface area (Å²) in [5.41, 5.74) is 0. The van der Waals surface area contributed by atoms with Crippen LogP contribution in [0.3, 0.4) is 0 Å². The van der Waals surface area contributed by atoms with E-state index in [1.54, 1.807) is 7.11 Å². The predicted molar refractivity (Wildman–Crippen MR) is 82.6 cm³/mol. The van der Waals surface area contributed by atoms with Gasteiger partial charge >= 0.3 is 5.97 Å². The summed E-state index contributed by atoms with van der Waals surface area (Å²) >= 11 is 0. The van der Waals surface area contributed by atoms with E-state index < -0.39 is 0 Å². The Kier molecular flexibility index (Phi) is 13.0. The van der Waals surface area contributed by atoms with E-state index in [-0.39, 0.29) is 12.6 Å². The van der Waals surface area contributed by atoms with Crippen LogP contribution in [0.2, 0.25) is 0 Å². The minimum Gasteiger partial charge on any atom is -0.463 e. The molecule has 136 valence electrons. The molecule has 1 aliphatic rings. The molecule has 0 radical (unpaired) electrons. The summed E-state index contributed by atoms with van der Waals surface area (Å²) in [5.74, 6) is -0.346. The largest absolute Gasteiger partial charge is 0.463 e. The van der Waals surface area contributed by atoms with E-state index >= 15 is 0 Å². The summed E-state index contributed by atoms with van der Waals surface area (Å²) in [6, 6.07) is 0. The molecule has 8 heteroatoms. The van der Waals surface area contributed by atoms with Gasteiger partial charge in [0, 0.05) is 26.7 Å². The summed E-state index contributed by atoms with van der Waals surface area (Å²) in [6.07, 6.45) is 0. The summed E-state index contributed by atoms with van der Waals surface area (Å²) in [7, 11) is 1.63. The number of carbonyl (C=O) groups is 1. The lowest BCUT2D eigenvalue weighted by Crippen LogP contribution is -2.38. The van der Waals surface area contributed by atoms with E-state index in [4.69, 9.17) is 28.4 Å². The van der Waals surface area contributed by atoms with E-state index in [9.17, 15) is 4.79 Å². The molecule has 0 atom stereocenters. The fraction of sp³-hybridized carbons (Fsp3) is 0.933. The molecular formula is C15H29NO7. The van der Waals surface area contributed by atoms with E-state index in [0.717, 1.165) is 32.8 Å². The molecule has 0 spiro atoms. The molecule has 0 N–H and O–H groups in total. The second kappa shape index (κ2) is 14.8. The number of carbonyl (C=O) groups excluding carboxylic acids is 1. The fourth-order valence-corrected chi connectivity index (χ4v) is 1.89. The number of rotatable bonds is 14. The highest BCUT2D eigenvalue weighted by Gasteiger charge is 2.10. The first-order valence-corrected chi connectivity index (χ1v) is 8.01. The molecule has 0 bridgehead atoms. The maximum absolute atomic E-state index is 11.5. The lowest BCUT2D eigenvalue weighted by atomic mass is 10.4. The smallest absolute Gasteiger partial charge is 0.332 e. The topological polar surface area (TPSA) is 75.7 Å². The number of esters is 1. The molecule has 1 rings (SSSR count). The summed E-state index contributed by atoms with van der Waals surface area (Å²) in [6.45, 7) is 7.29. The Labute approximate surface area is 137 Å². The van der Waals surface area contributed by atoms with Gasteiger partial charge in [0.05, 0.1) is 52.9 Å². The summed E-state index contributed by atoms with van der Waals surface area (Å²) in [5, 5.41) is 0. The van der Waals surface area contributed by atoms with E-state index in [2.05, 4.69) is 4.90 Å². The van der Waals surface area contributed by atoms with Crippen molar-refractivity contribution in [3.8, 4) is 0 Å². The molecule has 0 aromatic rings. The number of hydrogen-bond acceptors (Lipinski definition) is 8. The Morgan fingerprint density at radius 1 is 0.913 bits per heavy atom. The zero-order chi connectivity index (χ0) is 16.6. The molecule has 0 saturated carbocycles. The van der Waals surface area contributed by atoms with Crippen molar-refractivity contribution >= 4 is 5.97 Å². The molecule has 8 nitrogen and oxygen atoms in total. The Hall–Kier alpha value is -0.770. The van der Waals surface area contributed by atoms with Crippen molar-refractivity contribution in [2.24, 2.45) is 0 Å². The highest BCUT2D eigenvalue weighted by molar-refractivity contribution is 5.70. The summed E-state index contributed by atoms with van der Waals surface area (Å²) < 4.78 is 30.9. The third-order valence-corrected chi connectivity index (χ3v) is 3.17. The van der Waals surface area contributed by atoms with Crippen molar-refractivity contribution in [2.45, 2.75) is 0 Å². The van der Waals surface area contributed by atoms with Crippen molar-refractivity contribution in [1.82, 2.24) is 4.90 Å². The van der Waals surface area contributed by atoms with Gasteiger partial charge in [-0.05, 0) is 0 Å². The van der Waals surface area contributed by atoms with Crippen molar-refractivity contribution in [1.29, 1.82) is 0 Å². The van der Waals surface area contributed by atoms with E-state index in [1.165, 1.54) is 0 Å². The third kappa shape index (κ3) is 12.3. The first-order chi connectivity index (χ1) is 11.3. The third-order valence-electron chi connectivity index (χ3n) is 3.17. The first-order valence-electron chi connectivity index (χ1n) is 8.01. The number of morpholine rings is 1. The van der Waals surface area contributed by atoms with E-state index in [1.807, 2.05) is 0 Å². The predicted octanol–water partition coefficient (Wildman–Crippen LogP) is -0.442. The Morgan fingerprint density at radius 2 is 1.52 bits per heavy atom. The molecule has 0 aromatic carbocycles. The minimum absolute atomic E-state index is 0.0448. The number of nitrogens with zero attached hydrogens (tertiary/aromatic N) is 1. The Morgan fingerprint density at radius 3 is 2.17 bits per heavy atom. The lowest BCUT2D eigenvalue weighted by molar-refractivity contribution is -0.150. The van der Waals surface area contributed by atoms with Gasteiger partial charge in [-0.3, -0.25) is 4.90 Å². The molecule has 0 amide bonds. The minimum atomic E-state index is -0.346. The van der Waals surface area contributed by atoms with Crippen molar-refractivity contribution < 1.29 is 33.2 Å². The molecule has 0 aliphatic carbocycles. The van der Waals surface area contributed by atoms with Gasteiger partial charge in [0.1, 0.15) is 13.2 Å². The molecule has 1 aliphatic heterocycles. The van der Waals surface area contributed by atoms with Crippen molar-refractivity contribution in [3.05, 3.63) is 0 Å². The zero-order valence-corrected chi connectivity index (χ0v) is 14.0. The Bertz CT molecular complexity index is 285. The van der Waals surface area contributed by atoms with Gasteiger partial charge in [-0.1, -0.05) is 0 Å². The van der Waals surface area contributed by atoms with Crippen LogP contribution < -0.4 is 0 Å². The van der Waals surface area contributed by atoms with Gasteiger partial charge < -0.3 is 28.4 Å². The van der Waals surface area contributed by atoms with Gasteiger partial charge in [0.25, 0.3) is 0 Å². The second-order valence-electron chi connectivity index (χ2n) is 4.94. The standard InChI is InChI=1S/C15H29NO7/c1-18-8-9-20-10-11-21-12-13-22-14-15(17)23-7-4-16-2-5-19-6-3-16/h2-14H2,1H3. The molecule has 0 aromatic heterocycles. The van der Waals surface area contributed by atoms with Crippen molar-refractivity contribution in [3.63, 3.8) is 0 Å². The van der Waals surface area contributed by atoms with Crippen molar-refractivity contribution in [2.75, 3.05) is 92.8 Å². The van der Waals surface area contributed by atoms with Gasteiger partial charge in [-0.25, -0.2) is 4.79 Å². The van der Waals surface area contributed by atoms with Crippen LogP contribution in [-0.2, 0) is 33.2 Å². The first kappa shape index (κ1) is 20.3. The van der Waals surface area contributed by atoms with Crippen LogP contribution in [0.1, 0.15) is 0 Å². The summed E-state index contributed by atoms with van der Waals surface area (Å²) in [4.78, 5) is 13.7. The maximum Gasteiger partial charge on any atom is 0.332 e. The van der Waals surface area contributed by atoms with Gasteiger partial charge in [-0.15, -0.1) is 0 Å². The van der Waals surface area contributed by atoms with Crippen LogP contribution >= 0.6 is 0 Å². The lowest BCUT2D eigenvalue weighted by Gasteiger charge is -2.26. The van der Waals surface area contributed by atoms with Crippen LogP contribution in [0, 0.1) is 0 Å². The van der Waals surface area contributed by atoms with E-state index in [0.29, 0.717) is 46.2 Å². The average molecular weight is 335 g/mol. The second-order valence-corrected chi connectivity index (χ2v) is 4.94. The number of hydrogen-bond donors (Lipinski definition) is 0. The molecule has 1 fully saturated rings. The van der Waals surface area contributed by atoms with Crippen LogP contribution in [0.25, 0.3) is 0 Å². The number of methoxy groups -OCH3 is 1. The SMILES string of the molecule is COCCOCCOCCOCC(=O)OCCN1CCOCC1. The molecule has 1 heterocycles. The van der Waals surface area contributed by atoms with Crippen LogP contribution in [-0.4, -0.2) is 104 Å². The quantitative estimate of drug-likeness (QED) is 0.312. The van der Waals surface area contributed by atoms with Gasteiger partial charge in [0.2, 0.25) is 0 Å². The molecular weight excluding hydrogens is 306 g/mol. The van der Waals surface area contributed by atoms with Gasteiger partial charge in [-0.2, -0.15) is 0 Å².